The van der Waals surface area contributed by atoms with Gasteiger partial charge in [-0.05, 0) is 37.8 Å². The van der Waals surface area contributed by atoms with Crippen LogP contribution in [0.5, 0.6) is 0 Å². The van der Waals surface area contributed by atoms with E-state index >= 15 is 0 Å². The van der Waals surface area contributed by atoms with Crippen molar-refractivity contribution in [3.05, 3.63) is 35.4 Å². The maximum atomic E-state index is 12.1. The van der Waals surface area contributed by atoms with E-state index in [2.05, 4.69) is 36.5 Å². The van der Waals surface area contributed by atoms with Gasteiger partial charge in [0.15, 0.2) is 0 Å². The highest BCUT2D eigenvalue weighted by Crippen LogP contribution is 2.30. The summed E-state index contributed by atoms with van der Waals surface area (Å²) in [7, 11) is 0. The van der Waals surface area contributed by atoms with Gasteiger partial charge in [-0.15, -0.1) is 12.4 Å². The van der Waals surface area contributed by atoms with Crippen LogP contribution in [0.25, 0.3) is 0 Å². The van der Waals surface area contributed by atoms with Crippen LogP contribution in [0, 0.1) is 18.8 Å². The zero-order valence-electron chi connectivity index (χ0n) is 13.2. The maximum absolute atomic E-state index is 12.1. The number of rotatable bonds is 7. The Morgan fingerprint density at radius 3 is 2.73 bits per heavy atom. The molecule has 0 aliphatic heterocycles. The molecule has 0 aromatic heterocycles. The first-order chi connectivity index (χ1) is 10.2. The Morgan fingerprint density at radius 1 is 1.32 bits per heavy atom. The minimum Gasteiger partial charge on any atom is -0.355 e. The van der Waals surface area contributed by atoms with E-state index in [1.165, 1.54) is 11.1 Å². The summed E-state index contributed by atoms with van der Waals surface area (Å²) < 4.78 is 0. The van der Waals surface area contributed by atoms with Crippen molar-refractivity contribution in [2.24, 2.45) is 17.6 Å². The quantitative estimate of drug-likeness (QED) is 0.748. The second-order valence-electron chi connectivity index (χ2n) is 5.86. The molecule has 0 saturated heterocycles. The highest BCUT2D eigenvalue weighted by atomic mass is 35.5. The van der Waals surface area contributed by atoms with Crippen LogP contribution in [-0.4, -0.2) is 24.7 Å². The molecule has 1 amide bonds. The van der Waals surface area contributed by atoms with Crippen LogP contribution in [0.15, 0.2) is 24.3 Å². The molecule has 1 aromatic carbocycles. The molecular formula is C17H27ClN2OS. The van der Waals surface area contributed by atoms with Crippen molar-refractivity contribution in [3.63, 3.8) is 0 Å². The zero-order valence-corrected chi connectivity index (χ0v) is 14.8. The molecule has 0 radical (unpaired) electrons. The number of aryl methyl sites for hydroxylation is 1. The van der Waals surface area contributed by atoms with E-state index in [0.29, 0.717) is 12.5 Å². The van der Waals surface area contributed by atoms with Gasteiger partial charge in [-0.1, -0.05) is 36.2 Å². The minimum atomic E-state index is 0. The van der Waals surface area contributed by atoms with Gasteiger partial charge in [0.1, 0.15) is 0 Å². The first-order valence-electron chi connectivity index (χ1n) is 7.81. The lowest BCUT2D eigenvalue weighted by molar-refractivity contribution is -0.125. The Kier molecular flexibility index (Phi) is 8.91. The van der Waals surface area contributed by atoms with Crippen LogP contribution in [-0.2, 0) is 10.5 Å². The molecule has 1 aliphatic rings. The molecule has 0 heterocycles. The molecule has 5 heteroatoms. The van der Waals surface area contributed by atoms with Gasteiger partial charge in [0, 0.05) is 24.0 Å². The summed E-state index contributed by atoms with van der Waals surface area (Å²) in [5.74, 6) is 2.71. The van der Waals surface area contributed by atoms with Gasteiger partial charge >= 0.3 is 0 Å². The number of benzene rings is 1. The molecule has 1 aliphatic carbocycles. The van der Waals surface area contributed by atoms with Crippen LogP contribution < -0.4 is 11.1 Å². The molecule has 1 saturated carbocycles. The van der Waals surface area contributed by atoms with E-state index in [9.17, 15) is 4.79 Å². The third kappa shape index (κ3) is 5.82. The van der Waals surface area contributed by atoms with E-state index in [-0.39, 0.29) is 24.2 Å². The van der Waals surface area contributed by atoms with Crippen LogP contribution in [0.2, 0.25) is 0 Å². The molecule has 0 spiro atoms. The highest BCUT2D eigenvalue weighted by molar-refractivity contribution is 7.98. The fraction of sp³-hybridized carbons (Fsp3) is 0.588. The smallest absolute Gasteiger partial charge is 0.223 e. The van der Waals surface area contributed by atoms with Crippen LogP contribution >= 0.6 is 24.2 Å². The second kappa shape index (κ2) is 10.1. The predicted octanol–water partition coefficient (Wildman–Crippen LogP) is 3.14. The van der Waals surface area contributed by atoms with E-state index in [4.69, 9.17) is 5.73 Å². The molecule has 2 rings (SSSR count). The Hall–Kier alpha value is -0.710. The number of carbonyl (C=O) groups excluding carboxylic acids is 1. The number of halogens is 1. The summed E-state index contributed by atoms with van der Waals surface area (Å²) in [6, 6.07) is 8.63. The maximum Gasteiger partial charge on any atom is 0.223 e. The Bertz CT molecular complexity index is 452. The SMILES string of the molecule is Cc1ccc(CSCCNC(=O)[C@@H]2CCC[C@@H]2CN)cc1.Cl. The fourth-order valence-electron chi connectivity index (χ4n) is 2.92. The van der Waals surface area contributed by atoms with Crippen LogP contribution in [0.1, 0.15) is 30.4 Å². The molecule has 22 heavy (non-hydrogen) atoms. The lowest BCUT2D eigenvalue weighted by Gasteiger charge is -2.17. The molecule has 1 fully saturated rings. The van der Waals surface area contributed by atoms with Crippen LogP contribution in [0.3, 0.4) is 0 Å². The topological polar surface area (TPSA) is 55.1 Å². The Balaban J connectivity index is 0.00000242. The third-order valence-electron chi connectivity index (χ3n) is 4.23. The normalized spacial score (nSPS) is 20.5. The summed E-state index contributed by atoms with van der Waals surface area (Å²) in [6.45, 7) is 3.49. The first-order valence-corrected chi connectivity index (χ1v) is 8.97. The summed E-state index contributed by atoms with van der Waals surface area (Å²) in [5.41, 5.74) is 8.37. The van der Waals surface area contributed by atoms with E-state index in [0.717, 1.165) is 37.3 Å². The number of thioether (sulfide) groups is 1. The standard InChI is InChI=1S/C17H26N2OS.ClH/c1-13-5-7-14(8-6-13)12-21-10-9-19-17(20)16-4-2-3-15(16)11-18;/h5-8,15-16H,2-4,9-12,18H2,1H3,(H,19,20);1H/t15-,16-;/m1./s1. The summed E-state index contributed by atoms with van der Waals surface area (Å²) in [6.07, 6.45) is 3.25. The number of nitrogens with two attached hydrogens (primary N) is 1. The van der Waals surface area contributed by atoms with Crippen molar-refractivity contribution in [2.45, 2.75) is 31.9 Å². The first kappa shape index (κ1) is 19.3. The van der Waals surface area contributed by atoms with Gasteiger partial charge in [0.05, 0.1) is 0 Å². The van der Waals surface area contributed by atoms with Gasteiger partial charge in [0.2, 0.25) is 5.91 Å². The fourth-order valence-corrected chi connectivity index (χ4v) is 3.73. The van der Waals surface area contributed by atoms with E-state index in [1.807, 2.05) is 11.8 Å². The van der Waals surface area contributed by atoms with Crippen LogP contribution in [0.4, 0.5) is 0 Å². The number of amides is 1. The summed E-state index contributed by atoms with van der Waals surface area (Å²) in [4.78, 5) is 12.1. The van der Waals surface area contributed by atoms with Crippen molar-refractivity contribution in [1.82, 2.24) is 5.32 Å². The molecule has 124 valence electrons. The molecule has 0 unspecified atom stereocenters. The molecule has 0 bridgehead atoms. The molecule has 2 atom stereocenters. The third-order valence-corrected chi connectivity index (χ3v) is 5.26. The number of hydrogen-bond acceptors (Lipinski definition) is 3. The van der Waals surface area contributed by atoms with Gasteiger partial charge in [-0.25, -0.2) is 0 Å². The summed E-state index contributed by atoms with van der Waals surface area (Å²) in [5, 5.41) is 3.07. The van der Waals surface area contributed by atoms with Crippen molar-refractivity contribution >= 4 is 30.1 Å². The molecule has 3 nitrogen and oxygen atoms in total. The summed E-state index contributed by atoms with van der Waals surface area (Å²) >= 11 is 1.86. The average molecular weight is 343 g/mol. The zero-order chi connectivity index (χ0) is 15.1. The monoisotopic (exact) mass is 342 g/mol. The van der Waals surface area contributed by atoms with Crippen molar-refractivity contribution in [3.8, 4) is 0 Å². The number of hydrogen-bond donors (Lipinski definition) is 2. The number of nitrogens with one attached hydrogen (secondary N) is 1. The number of carbonyl (C=O) groups is 1. The van der Waals surface area contributed by atoms with Crippen molar-refractivity contribution in [2.75, 3.05) is 18.8 Å². The highest BCUT2D eigenvalue weighted by Gasteiger charge is 2.31. The van der Waals surface area contributed by atoms with Gasteiger partial charge in [-0.2, -0.15) is 11.8 Å². The van der Waals surface area contributed by atoms with Gasteiger partial charge in [-0.3, -0.25) is 4.79 Å². The van der Waals surface area contributed by atoms with Gasteiger partial charge in [0.25, 0.3) is 0 Å². The van der Waals surface area contributed by atoms with E-state index < -0.39 is 0 Å². The Morgan fingerprint density at radius 2 is 2.05 bits per heavy atom. The average Bonchev–Trinajstić information content (AvgIpc) is 2.97. The minimum absolute atomic E-state index is 0. The predicted molar refractivity (Wildman–Crippen MR) is 97.5 cm³/mol. The molecular weight excluding hydrogens is 316 g/mol. The lowest BCUT2D eigenvalue weighted by atomic mass is 9.95. The molecule has 1 aromatic rings. The van der Waals surface area contributed by atoms with Gasteiger partial charge < -0.3 is 11.1 Å². The Labute approximate surface area is 144 Å². The van der Waals surface area contributed by atoms with E-state index in [1.54, 1.807) is 0 Å². The largest absolute Gasteiger partial charge is 0.355 e. The van der Waals surface area contributed by atoms with Crippen molar-refractivity contribution < 1.29 is 4.79 Å². The molecule has 3 N–H and O–H groups in total. The van der Waals surface area contributed by atoms with Crippen molar-refractivity contribution in [1.29, 1.82) is 0 Å². The second-order valence-corrected chi connectivity index (χ2v) is 6.97. The lowest BCUT2D eigenvalue weighted by Crippen LogP contribution is -2.36.